The van der Waals surface area contributed by atoms with E-state index in [4.69, 9.17) is 16.6 Å². The Hall–Kier alpha value is -2.08. The van der Waals surface area contributed by atoms with Crippen molar-refractivity contribution in [3.63, 3.8) is 0 Å². The van der Waals surface area contributed by atoms with Crippen LogP contribution in [0.2, 0.25) is 5.02 Å². The van der Waals surface area contributed by atoms with Crippen molar-refractivity contribution in [2.45, 2.75) is 39.7 Å². The number of hydrogen-bond donors (Lipinski definition) is 3. The molecule has 0 amide bonds. The lowest BCUT2D eigenvalue weighted by Gasteiger charge is -2.16. The summed E-state index contributed by atoms with van der Waals surface area (Å²) in [4.78, 5) is 4.74. The van der Waals surface area contributed by atoms with Crippen molar-refractivity contribution >= 4 is 33.8 Å². The summed E-state index contributed by atoms with van der Waals surface area (Å²) in [5.74, 6) is 0.700. The molecule has 164 valence electrons. The van der Waals surface area contributed by atoms with Crippen molar-refractivity contribution in [2.24, 2.45) is 5.92 Å². The monoisotopic (exact) mass is 454 g/mol. The molecule has 2 aromatic carbocycles. The Kier molecular flexibility index (Phi) is 7.49. The second kappa shape index (κ2) is 10.5. The molecule has 0 spiro atoms. The summed E-state index contributed by atoms with van der Waals surface area (Å²) in [6.45, 7) is 8.23. The van der Waals surface area contributed by atoms with Crippen LogP contribution in [0.15, 0.2) is 41.8 Å². The molecule has 4 rings (SSSR count). The third-order valence-corrected chi connectivity index (χ3v) is 6.82. The van der Waals surface area contributed by atoms with Crippen LogP contribution in [-0.2, 0) is 19.4 Å². The molecular formula is C25H31ClN4S. The van der Waals surface area contributed by atoms with Crippen LogP contribution < -0.4 is 16.0 Å². The van der Waals surface area contributed by atoms with Gasteiger partial charge in [-0.2, -0.15) is 0 Å². The Labute approximate surface area is 194 Å². The Morgan fingerprint density at radius 3 is 2.68 bits per heavy atom. The van der Waals surface area contributed by atoms with Gasteiger partial charge >= 0.3 is 0 Å². The predicted octanol–water partition coefficient (Wildman–Crippen LogP) is 6.22. The summed E-state index contributed by atoms with van der Waals surface area (Å²) in [7, 11) is 0. The van der Waals surface area contributed by atoms with Crippen LogP contribution in [0.25, 0.3) is 11.3 Å². The van der Waals surface area contributed by atoms with Crippen LogP contribution in [0.5, 0.6) is 0 Å². The van der Waals surface area contributed by atoms with Crippen molar-refractivity contribution < 1.29 is 0 Å². The molecule has 0 saturated heterocycles. The van der Waals surface area contributed by atoms with Gasteiger partial charge in [-0.25, -0.2) is 4.98 Å². The van der Waals surface area contributed by atoms with Gasteiger partial charge in [0.2, 0.25) is 0 Å². The van der Waals surface area contributed by atoms with Crippen LogP contribution in [0.1, 0.15) is 37.0 Å². The third-order valence-electron chi connectivity index (χ3n) is 5.70. The maximum Gasteiger partial charge on any atom is 0.183 e. The van der Waals surface area contributed by atoms with Crippen molar-refractivity contribution in [3.05, 3.63) is 63.5 Å². The van der Waals surface area contributed by atoms with E-state index in [1.165, 1.54) is 16.7 Å². The molecule has 0 radical (unpaired) electrons. The summed E-state index contributed by atoms with van der Waals surface area (Å²) in [6.07, 6.45) is 3.22. The second-order valence-electron chi connectivity index (χ2n) is 8.51. The van der Waals surface area contributed by atoms with Crippen LogP contribution in [0.4, 0.5) is 10.8 Å². The van der Waals surface area contributed by atoms with Gasteiger partial charge in [-0.15, -0.1) is 11.3 Å². The zero-order valence-electron chi connectivity index (χ0n) is 18.3. The third kappa shape index (κ3) is 5.79. The van der Waals surface area contributed by atoms with E-state index in [-0.39, 0.29) is 0 Å². The number of anilines is 2. The highest BCUT2D eigenvalue weighted by atomic mass is 35.5. The van der Waals surface area contributed by atoms with Gasteiger partial charge in [0.15, 0.2) is 5.13 Å². The summed E-state index contributed by atoms with van der Waals surface area (Å²) in [5.41, 5.74) is 7.25. The van der Waals surface area contributed by atoms with E-state index in [0.29, 0.717) is 5.92 Å². The van der Waals surface area contributed by atoms with Crippen LogP contribution in [0.3, 0.4) is 0 Å². The molecule has 6 heteroatoms. The van der Waals surface area contributed by atoms with Crippen LogP contribution in [0, 0.1) is 5.92 Å². The van der Waals surface area contributed by atoms with E-state index in [9.17, 15) is 0 Å². The van der Waals surface area contributed by atoms with Crippen LogP contribution in [-0.4, -0.2) is 24.6 Å². The quantitative estimate of drug-likeness (QED) is 0.378. The smallest absolute Gasteiger partial charge is 0.183 e. The molecule has 31 heavy (non-hydrogen) atoms. The summed E-state index contributed by atoms with van der Waals surface area (Å²) >= 11 is 8.22. The lowest BCUT2D eigenvalue weighted by atomic mass is 10.0. The maximum atomic E-state index is 6.55. The SMILES string of the molecule is CC(C)CCNc1nc(-c2ccc(CNc3c(Cl)ccc4c3CCNCC4)cc2)cs1. The Balaban J connectivity index is 1.39. The van der Waals surface area contributed by atoms with E-state index in [0.717, 1.165) is 72.5 Å². The van der Waals surface area contributed by atoms with E-state index >= 15 is 0 Å². The first kappa shape index (κ1) is 22.1. The molecule has 3 N–H and O–H groups in total. The molecule has 4 nitrogen and oxygen atoms in total. The Morgan fingerprint density at radius 2 is 1.87 bits per heavy atom. The van der Waals surface area contributed by atoms with E-state index in [2.05, 4.69) is 65.5 Å². The summed E-state index contributed by atoms with van der Waals surface area (Å²) in [6, 6.07) is 12.8. The number of nitrogens with zero attached hydrogens (tertiary/aromatic N) is 1. The van der Waals surface area contributed by atoms with Gasteiger partial charge in [0, 0.05) is 24.0 Å². The number of benzene rings is 2. The van der Waals surface area contributed by atoms with Crippen molar-refractivity contribution in [3.8, 4) is 11.3 Å². The number of halogens is 1. The van der Waals surface area contributed by atoms with Gasteiger partial charge in [0.1, 0.15) is 0 Å². The van der Waals surface area contributed by atoms with Crippen LogP contribution >= 0.6 is 22.9 Å². The maximum absolute atomic E-state index is 6.55. The molecule has 0 aliphatic carbocycles. The normalized spacial score (nSPS) is 13.7. The fourth-order valence-electron chi connectivity index (χ4n) is 3.87. The zero-order valence-corrected chi connectivity index (χ0v) is 19.9. The fourth-order valence-corrected chi connectivity index (χ4v) is 4.87. The molecule has 3 aromatic rings. The van der Waals surface area contributed by atoms with Gasteiger partial charge in [-0.05, 0) is 61.0 Å². The lowest BCUT2D eigenvalue weighted by molar-refractivity contribution is 0.607. The lowest BCUT2D eigenvalue weighted by Crippen LogP contribution is -2.16. The number of rotatable bonds is 8. The van der Waals surface area contributed by atoms with Crippen molar-refractivity contribution in [2.75, 3.05) is 30.3 Å². The fraction of sp³-hybridized carbons (Fsp3) is 0.400. The molecule has 2 heterocycles. The van der Waals surface area contributed by atoms with Gasteiger partial charge in [-0.3, -0.25) is 0 Å². The topological polar surface area (TPSA) is 49.0 Å². The molecular weight excluding hydrogens is 424 g/mol. The molecule has 0 saturated carbocycles. The molecule has 0 atom stereocenters. The Morgan fingerprint density at radius 1 is 1.06 bits per heavy atom. The van der Waals surface area contributed by atoms with Gasteiger partial charge in [0.05, 0.1) is 16.4 Å². The highest BCUT2D eigenvalue weighted by molar-refractivity contribution is 7.14. The van der Waals surface area contributed by atoms with E-state index < -0.39 is 0 Å². The molecule has 0 bridgehead atoms. The van der Waals surface area contributed by atoms with E-state index in [1.54, 1.807) is 11.3 Å². The first-order valence-corrected chi connectivity index (χ1v) is 12.4. The molecule has 1 aromatic heterocycles. The van der Waals surface area contributed by atoms with E-state index in [1.807, 2.05) is 6.07 Å². The average Bonchev–Trinajstić information content (AvgIpc) is 3.10. The minimum Gasteiger partial charge on any atom is -0.380 e. The number of nitrogens with one attached hydrogen (secondary N) is 3. The highest BCUT2D eigenvalue weighted by Gasteiger charge is 2.14. The first-order valence-electron chi connectivity index (χ1n) is 11.1. The van der Waals surface area contributed by atoms with Crippen molar-refractivity contribution in [1.82, 2.24) is 10.3 Å². The predicted molar refractivity (Wildman–Crippen MR) is 135 cm³/mol. The Bertz CT molecular complexity index is 997. The summed E-state index contributed by atoms with van der Waals surface area (Å²) in [5, 5.41) is 14.4. The standard InChI is InChI=1S/C25H31ClN4S/c1-17(2)9-14-28-25-30-23(16-31-25)20-5-3-18(4-6-20)15-29-24-21-11-13-27-12-10-19(21)7-8-22(24)26/h3-8,16-17,27,29H,9-15H2,1-2H3,(H,28,30). The van der Waals surface area contributed by atoms with Gasteiger partial charge < -0.3 is 16.0 Å². The molecule has 1 aliphatic rings. The highest BCUT2D eigenvalue weighted by Crippen LogP contribution is 2.31. The largest absolute Gasteiger partial charge is 0.380 e. The number of hydrogen-bond acceptors (Lipinski definition) is 5. The molecule has 0 fully saturated rings. The van der Waals surface area contributed by atoms with Crippen molar-refractivity contribution in [1.29, 1.82) is 0 Å². The van der Waals surface area contributed by atoms with Gasteiger partial charge in [0.25, 0.3) is 0 Å². The molecule has 1 aliphatic heterocycles. The molecule has 0 unspecified atom stereocenters. The summed E-state index contributed by atoms with van der Waals surface area (Å²) < 4.78 is 0. The average molecular weight is 455 g/mol. The number of aromatic nitrogens is 1. The first-order chi connectivity index (χ1) is 15.1. The number of thiazole rings is 1. The second-order valence-corrected chi connectivity index (χ2v) is 9.77. The number of fused-ring (bicyclic) bond motifs is 1. The minimum absolute atomic E-state index is 0.700. The minimum atomic E-state index is 0.700. The van der Waals surface area contributed by atoms with Gasteiger partial charge in [-0.1, -0.05) is 55.8 Å². The zero-order chi connectivity index (χ0) is 21.6.